The maximum atomic E-state index is 13.1. The lowest BCUT2D eigenvalue weighted by atomic mass is 10.2. The van der Waals surface area contributed by atoms with Gasteiger partial charge in [0.15, 0.2) is 6.10 Å². The molecule has 0 radical (unpaired) electrons. The molecular formula is C18H19FN2O6S. The van der Waals surface area contributed by atoms with Gasteiger partial charge in [-0.3, -0.25) is 9.63 Å². The zero-order chi connectivity index (χ0) is 20.9. The van der Waals surface area contributed by atoms with Crippen LogP contribution in [0.15, 0.2) is 53.4 Å². The summed E-state index contributed by atoms with van der Waals surface area (Å²) >= 11 is 0. The van der Waals surface area contributed by atoms with Crippen molar-refractivity contribution >= 4 is 27.6 Å². The molecule has 0 aliphatic heterocycles. The summed E-state index contributed by atoms with van der Waals surface area (Å²) in [4.78, 5) is 28.8. The molecule has 1 amide bonds. The standard InChI is InChI=1S/C18H19FN2O6S/c1-12(17(22)20-15-6-4-5-14(19)11-15)27-18(23)13-7-9-16(10-8-13)28(24,25)21(2)26-3/h4-12H,1-3H3,(H,20,22)/t12-/m0/s1. The predicted molar refractivity (Wildman–Crippen MR) is 98.3 cm³/mol. The number of anilines is 1. The zero-order valence-corrected chi connectivity index (χ0v) is 16.2. The summed E-state index contributed by atoms with van der Waals surface area (Å²) in [5.74, 6) is -1.97. The molecule has 2 rings (SSSR count). The molecule has 150 valence electrons. The van der Waals surface area contributed by atoms with Crippen LogP contribution in [0.2, 0.25) is 0 Å². The fourth-order valence-electron chi connectivity index (χ4n) is 2.10. The molecule has 2 aromatic carbocycles. The van der Waals surface area contributed by atoms with Gasteiger partial charge < -0.3 is 10.1 Å². The van der Waals surface area contributed by atoms with Crippen molar-refractivity contribution < 1.29 is 32.0 Å². The Hall–Kier alpha value is -2.82. The maximum Gasteiger partial charge on any atom is 0.338 e. The molecule has 0 bridgehead atoms. The first-order chi connectivity index (χ1) is 13.1. The zero-order valence-electron chi connectivity index (χ0n) is 15.4. The van der Waals surface area contributed by atoms with Gasteiger partial charge in [-0.25, -0.2) is 17.6 Å². The molecule has 10 heteroatoms. The number of benzene rings is 2. The lowest BCUT2D eigenvalue weighted by Crippen LogP contribution is -2.30. The average molecular weight is 410 g/mol. The number of carbonyl (C=O) groups excluding carboxylic acids is 2. The van der Waals surface area contributed by atoms with Gasteiger partial charge in [-0.1, -0.05) is 10.5 Å². The van der Waals surface area contributed by atoms with Crippen molar-refractivity contribution in [2.45, 2.75) is 17.9 Å². The highest BCUT2D eigenvalue weighted by atomic mass is 32.2. The highest BCUT2D eigenvalue weighted by Crippen LogP contribution is 2.16. The van der Waals surface area contributed by atoms with Crippen LogP contribution in [-0.2, 0) is 24.4 Å². The number of esters is 1. The normalized spacial score (nSPS) is 12.5. The summed E-state index contributed by atoms with van der Waals surface area (Å²) in [7, 11) is -1.40. The molecule has 0 aromatic heterocycles. The highest BCUT2D eigenvalue weighted by molar-refractivity contribution is 7.89. The van der Waals surface area contributed by atoms with Gasteiger partial charge in [0.05, 0.1) is 17.6 Å². The van der Waals surface area contributed by atoms with Crippen molar-refractivity contribution in [1.29, 1.82) is 0 Å². The minimum absolute atomic E-state index is 0.0597. The van der Waals surface area contributed by atoms with Crippen LogP contribution >= 0.6 is 0 Å². The first-order valence-corrected chi connectivity index (χ1v) is 9.49. The summed E-state index contributed by atoms with van der Waals surface area (Å²) in [6.07, 6.45) is -1.15. The maximum absolute atomic E-state index is 13.1. The largest absolute Gasteiger partial charge is 0.449 e. The third kappa shape index (κ3) is 5.12. The topological polar surface area (TPSA) is 102 Å². The molecule has 0 saturated heterocycles. The van der Waals surface area contributed by atoms with Gasteiger partial charge in [-0.05, 0) is 49.4 Å². The van der Waals surface area contributed by atoms with Gasteiger partial charge in [0.2, 0.25) is 0 Å². The molecule has 28 heavy (non-hydrogen) atoms. The van der Waals surface area contributed by atoms with Crippen molar-refractivity contribution in [1.82, 2.24) is 4.47 Å². The Kier molecular flexibility index (Phi) is 6.84. The second kappa shape index (κ2) is 8.91. The molecule has 2 aromatic rings. The van der Waals surface area contributed by atoms with Gasteiger partial charge >= 0.3 is 5.97 Å². The number of nitrogens with zero attached hydrogens (tertiary/aromatic N) is 1. The van der Waals surface area contributed by atoms with E-state index in [9.17, 15) is 22.4 Å². The van der Waals surface area contributed by atoms with Crippen LogP contribution in [0.3, 0.4) is 0 Å². The molecule has 0 spiro atoms. The SMILES string of the molecule is CON(C)S(=O)(=O)c1ccc(C(=O)O[C@@H](C)C(=O)Nc2cccc(F)c2)cc1. The van der Waals surface area contributed by atoms with Gasteiger partial charge in [-0.2, -0.15) is 0 Å². The monoisotopic (exact) mass is 410 g/mol. The Balaban J connectivity index is 2.03. The Bertz CT molecular complexity index is 962. The quantitative estimate of drug-likeness (QED) is 0.555. The molecule has 0 unspecified atom stereocenters. The van der Waals surface area contributed by atoms with Gasteiger partial charge in [0, 0.05) is 12.7 Å². The summed E-state index contributed by atoms with van der Waals surface area (Å²) in [6.45, 7) is 1.36. The van der Waals surface area contributed by atoms with E-state index >= 15 is 0 Å². The van der Waals surface area contributed by atoms with E-state index in [0.717, 1.165) is 6.07 Å². The minimum Gasteiger partial charge on any atom is -0.449 e. The Morgan fingerprint density at radius 1 is 1.14 bits per heavy atom. The molecule has 0 fully saturated rings. The van der Waals surface area contributed by atoms with E-state index in [-0.39, 0.29) is 16.1 Å². The van der Waals surface area contributed by atoms with Crippen molar-refractivity contribution in [3.63, 3.8) is 0 Å². The number of hydrogen-bond acceptors (Lipinski definition) is 6. The van der Waals surface area contributed by atoms with E-state index in [1.54, 1.807) is 0 Å². The molecule has 1 N–H and O–H groups in total. The molecule has 1 atom stereocenters. The van der Waals surface area contributed by atoms with Crippen molar-refractivity contribution in [3.8, 4) is 0 Å². The summed E-state index contributed by atoms with van der Waals surface area (Å²) < 4.78 is 43.1. The molecule has 8 nitrogen and oxygen atoms in total. The van der Waals surface area contributed by atoms with Gasteiger partial charge in [0.1, 0.15) is 5.82 Å². The smallest absolute Gasteiger partial charge is 0.338 e. The number of nitrogens with one attached hydrogen (secondary N) is 1. The van der Waals surface area contributed by atoms with E-state index in [4.69, 9.17) is 4.74 Å². The predicted octanol–water partition coefficient (Wildman–Crippen LogP) is 2.19. The number of ether oxygens (including phenoxy) is 1. The number of hydrogen-bond donors (Lipinski definition) is 1. The van der Waals surface area contributed by atoms with E-state index in [2.05, 4.69) is 10.2 Å². The average Bonchev–Trinajstić information content (AvgIpc) is 2.67. The van der Waals surface area contributed by atoms with Crippen LogP contribution in [0.25, 0.3) is 0 Å². The molecule has 0 heterocycles. The van der Waals surface area contributed by atoms with Crippen LogP contribution in [-0.4, -0.2) is 45.0 Å². The second-order valence-corrected chi connectivity index (χ2v) is 7.60. The van der Waals surface area contributed by atoms with E-state index in [0.29, 0.717) is 4.47 Å². The van der Waals surface area contributed by atoms with Crippen molar-refractivity contribution in [2.24, 2.45) is 0 Å². The first kappa shape index (κ1) is 21.5. The number of halogens is 1. The fraction of sp³-hybridized carbons (Fsp3) is 0.222. The number of carbonyl (C=O) groups is 2. The minimum atomic E-state index is -3.84. The van der Waals surface area contributed by atoms with Crippen molar-refractivity contribution in [2.75, 3.05) is 19.5 Å². The molecule has 0 aliphatic rings. The van der Waals surface area contributed by atoms with Crippen LogP contribution in [0, 0.1) is 5.82 Å². The van der Waals surface area contributed by atoms with Crippen LogP contribution in [0.5, 0.6) is 0 Å². The van der Waals surface area contributed by atoms with Crippen LogP contribution in [0.1, 0.15) is 17.3 Å². The fourth-order valence-corrected chi connectivity index (χ4v) is 3.07. The van der Waals surface area contributed by atoms with Gasteiger partial charge in [0.25, 0.3) is 15.9 Å². The number of rotatable bonds is 7. The number of hydroxylamine groups is 1. The summed E-state index contributed by atoms with van der Waals surface area (Å²) in [5.41, 5.74) is 0.286. The second-order valence-electron chi connectivity index (χ2n) is 5.67. The molecular weight excluding hydrogens is 391 g/mol. The van der Waals surface area contributed by atoms with Gasteiger partial charge in [-0.15, -0.1) is 0 Å². The first-order valence-electron chi connectivity index (χ1n) is 8.05. The Labute approximate surface area is 161 Å². The number of amides is 1. The van der Waals surface area contributed by atoms with Crippen LogP contribution < -0.4 is 5.32 Å². The van der Waals surface area contributed by atoms with E-state index in [1.807, 2.05) is 0 Å². The molecule has 0 saturated carbocycles. The summed E-state index contributed by atoms with van der Waals surface area (Å²) in [5, 5.41) is 2.43. The number of sulfonamides is 1. The summed E-state index contributed by atoms with van der Waals surface area (Å²) in [6, 6.07) is 10.2. The van der Waals surface area contributed by atoms with Crippen molar-refractivity contribution in [3.05, 3.63) is 59.9 Å². The van der Waals surface area contributed by atoms with E-state index < -0.39 is 33.8 Å². The molecule has 0 aliphatic carbocycles. The third-order valence-electron chi connectivity index (χ3n) is 3.73. The lowest BCUT2D eigenvalue weighted by Gasteiger charge is -2.15. The Morgan fingerprint density at radius 3 is 2.36 bits per heavy atom. The Morgan fingerprint density at radius 2 is 1.79 bits per heavy atom. The van der Waals surface area contributed by atoms with E-state index in [1.165, 1.54) is 63.5 Å². The van der Waals surface area contributed by atoms with Crippen LogP contribution in [0.4, 0.5) is 10.1 Å². The highest BCUT2D eigenvalue weighted by Gasteiger charge is 2.23. The lowest BCUT2D eigenvalue weighted by molar-refractivity contribution is -0.123. The third-order valence-corrected chi connectivity index (χ3v) is 5.42.